The molecule has 0 bridgehead atoms. The van der Waals surface area contributed by atoms with Gasteiger partial charge in [-0.3, -0.25) is 0 Å². The highest BCUT2D eigenvalue weighted by atomic mass is 16.5. The lowest BCUT2D eigenvalue weighted by Crippen LogP contribution is -1.92. The highest BCUT2D eigenvalue weighted by Crippen LogP contribution is 2.33. The van der Waals surface area contributed by atoms with Crippen molar-refractivity contribution in [3.8, 4) is 17.1 Å². The second-order valence-corrected chi connectivity index (χ2v) is 9.18. The molecule has 37 heavy (non-hydrogen) atoms. The first-order chi connectivity index (χ1) is 18.2. The van der Waals surface area contributed by atoms with Crippen LogP contribution < -0.4 is 4.74 Å². The Labute approximate surface area is 213 Å². The zero-order valence-corrected chi connectivity index (χ0v) is 20.3. The van der Waals surface area contributed by atoms with Crippen molar-refractivity contribution in [2.45, 2.75) is 0 Å². The summed E-state index contributed by atoms with van der Waals surface area (Å²) in [5.74, 6) is 0.847. The molecule has 1 N–H and O–H groups in total. The Kier molecular flexibility index (Phi) is 4.96. The maximum absolute atomic E-state index is 5.31. The molecule has 0 fully saturated rings. The van der Waals surface area contributed by atoms with Gasteiger partial charge in [-0.15, -0.1) is 0 Å². The number of hydrogen-bond acceptors (Lipinski definition) is 3. The van der Waals surface area contributed by atoms with Crippen molar-refractivity contribution in [1.82, 2.24) is 15.0 Å². The number of benzene rings is 4. The molecule has 3 aromatic heterocycles. The average Bonchev–Trinajstić information content (AvgIpc) is 3.32. The van der Waals surface area contributed by atoms with E-state index < -0.39 is 0 Å². The summed E-state index contributed by atoms with van der Waals surface area (Å²) in [7, 11) is 1.68. The van der Waals surface area contributed by atoms with Crippen LogP contribution in [0.25, 0.3) is 67.2 Å². The van der Waals surface area contributed by atoms with Gasteiger partial charge in [0.1, 0.15) is 5.75 Å². The van der Waals surface area contributed by atoms with Gasteiger partial charge in [0.05, 0.1) is 35.0 Å². The fraction of sp³-hybridized carbons (Fsp3) is 0.0303. The molecule has 0 saturated heterocycles. The number of hydrogen-bond donors (Lipinski definition) is 1. The summed E-state index contributed by atoms with van der Waals surface area (Å²) in [4.78, 5) is 13.5. The van der Waals surface area contributed by atoms with Crippen LogP contribution in [-0.2, 0) is 0 Å². The fourth-order valence-electron chi connectivity index (χ4n) is 4.97. The number of nitrogens with zero attached hydrogens (tertiary/aromatic N) is 2. The summed E-state index contributed by atoms with van der Waals surface area (Å²) >= 11 is 0. The van der Waals surface area contributed by atoms with Crippen LogP contribution in [0.3, 0.4) is 0 Å². The van der Waals surface area contributed by atoms with Gasteiger partial charge in [0, 0.05) is 27.1 Å². The number of H-pyrrole nitrogens is 1. The van der Waals surface area contributed by atoms with Crippen molar-refractivity contribution < 1.29 is 4.74 Å². The number of fused-ring (bicyclic) bond motifs is 5. The molecule has 3 heterocycles. The Morgan fingerprint density at radius 3 is 2.32 bits per heavy atom. The van der Waals surface area contributed by atoms with Gasteiger partial charge in [0.25, 0.3) is 0 Å². The Bertz CT molecular complexity index is 1970. The minimum Gasteiger partial charge on any atom is -0.497 e. The first-order valence-corrected chi connectivity index (χ1v) is 12.3. The summed E-state index contributed by atoms with van der Waals surface area (Å²) < 4.78 is 5.31. The predicted molar refractivity (Wildman–Crippen MR) is 154 cm³/mol. The maximum Gasteiger partial charge on any atom is 0.118 e. The minimum atomic E-state index is 0.847. The van der Waals surface area contributed by atoms with E-state index in [1.807, 2.05) is 36.4 Å². The van der Waals surface area contributed by atoms with E-state index in [-0.39, 0.29) is 0 Å². The molecule has 0 amide bonds. The van der Waals surface area contributed by atoms with Gasteiger partial charge >= 0.3 is 0 Å². The van der Waals surface area contributed by atoms with Gasteiger partial charge in [-0.05, 0) is 59.7 Å². The van der Waals surface area contributed by atoms with Crippen molar-refractivity contribution in [1.29, 1.82) is 0 Å². The van der Waals surface area contributed by atoms with E-state index >= 15 is 0 Å². The van der Waals surface area contributed by atoms with Gasteiger partial charge in [-0.25, -0.2) is 9.97 Å². The molecule has 7 aromatic rings. The lowest BCUT2D eigenvalue weighted by atomic mass is 10.0. The quantitative estimate of drug-likeness (QED) is 0.278. The van der Waals surface area contributed by atoms with Gasteiger partial charge in [0.15, 0.2) is 0 Å². The first kappa shape index (κ1) is 21.3. The molecule has 0 aliphatic heterocycles. The molecule has 176 valence electrons. The first-order valence-electron chi connectivity index (χ1n) is 12.3. The molecule has 7 rings (SSSR count). The molecular weight excluding hydrogens is 454 g/mol. The molecule has 4 heteroatoms. The number of methoxy groups -OCH3 is 1. The van der Waals surface area contributed by atoms with Crippen molar-refractivity contribution in [2.75, 3.05) is 7.11 Å². The molecule has 0 aliphatic carbocycles. The molecular formula is C33H23N3O. The largest absolute Gasteiger partial charge is 0.497 e. The van der Waals surface area contributed by atoms with E-state index in [1.165, 1.54) is 5.39 Å². The smallest absolute Gasteiger partial charge is 0.118 e. The van der Waals surface area contributed by atoms with Crippen LogP contribution >= 0.6 is 0 Å². The average molecular weight is 478 g/mol. The fourth-order valence-corrected chi connectivity index (χ4v) is 4.97. The van der Waals surface area contributed by atoms with Crippen molar-refractivity contribution in [3.05, 3.63) is 114 Å². The summed E-state index contributed by atoms with van der Waals surface area (Å²) in [6.07, 6.45) is 4.31. The molecule has 0 atom stereocenters. The van der Waals surface area contributed by atoms with E-state index in [1.54, 1.807) is 7.11 Å². The number of rotatable bonds is 4. The van der Waals surface area contributed by atoms with Crippen molar-refractivity contribution >= 4 is 55.8 Å². The topological polar surface area (TPSA) is 50.8 Å². The molecule has 0 spiro atoms. The second kappa shape index (κ2) is 8.61. The summed E-state index contributed by atoms with van der Waals surface area (Å²) in [6, 6.07) is 35.4. The molecule has 0 unspecified atom stereocenters. The van der Waals surface area contributed by atoms with E-state index in [4.69, 9.17) is 14.7 Å². The highest BCUT2D eigenvalue weighted by Gasteiger charge is 2.12. The van der Waals surface area contributed by atoms with Crippen LogP contribution in [-0.4, -0.2) is 22.1 Å². The number of nitrogens with one attached hydrogen (secondary N) is 1. The third-order valence-corrected chi connectivity index (χ3v) is 6.90. The van der Waals surface area contributed by atoms with Gasteiger partial charge < -0.3 is 9.72 Å². The third-order valence-electron chi connectivity index (χ3n) is 6.90. The van der Waals surface area contributed by atoms with Crippen LogP contribution in [0.2, 0.25) is 0 Å². The van der Waals surface area contributed by atoms with Gasteiger partial charge in [-0.2, -0.15) is 0 Å². The molecule has 0 aliphatic rings. The Hall–Kier alpha value is -4.96. The third kappa shape index (κ3) is 3.80. The highest BCUT2D eigenvalue weighted by molar-refractivity contribution is 6.12. The van der Waals surface area contributed by atoms with E-state index in [0.717, 1.165) is 66.5 Å². The number of para-hydroxylation sites is 2. The summed E-state index contributed by atoms with van der Waals surface area (Å²) in [6.45, 7) is 0. The number of aromatic nitrogens is 3. The number of ether oxygens (including phenoxy) is 1. The zero-order chi connectivity index (χ0) is 24.8. The molecule has 0 saturated carbocycles. The normalized spacial score (nSPS) is 11.8. The summed E-state index contributed by atoms with van der Waals surface area (Å²) in [5, 5.41) is 4.60. The lowest BCUT2D eigenvalue weighted by Gasteiger charge is -2.10. The van der Waals surface area contributed by atoms with E-state index in [2.05, 4.69) is 83.9 Å². The SMILES string of the molecule is COc1ccc(C=Cc2cc(-c3ccc4ccccc4n3)[nH]c3cc4nc5ccccc5c4cc23)cc1. The van der Waals surface area contributed by atoms with E-state index in [9.17, 15) is 0 Å². The van der Waals surface area contributed by atoms with Crippen LogP contribution in [0.4, 0.5) is 0 Å². The van der Waals surface area contributed by atoms with Crippen molar-refractivity contribution in [3.63, 3.8) is 0 Å². The standard InChI is InChI=1S/C33H23N3O/c1-37-24-15-11-21(12-16-24)10-13-23-18-33(30-17-14-22-6-2-4-8-28(22)34-30)36-31-20-32-27(19-26(23)31)25-7-3-5-9-29(25)35-32/h2-20,36H,1H3. The Morgan fingerprint density at radius 1 is 0.649 bits per heavy atom. The van der Waals surface area contributed by atoms with Crippen LogP contribution in [0.15, 0.2) is 103 Å². The maximum atomic E-state index is 5.31. The number of pyridine rings is 2. The predicted octanol–water partition coefficient (Wildman–Crippen LogP) is 8.26. The second-order valence-electron chi connectivity index (χ2n) is 9.18. The monoisotopic (exact) mass is 477 g/mol. The van der Waals surface area contributed by atoms with E-state index in [0.29, 0.717) is 0 Å². The molecule has 4 nitrogen and oxygen atoms in total. The van der Waals surface area contributed by atoms with Crippen LogP contribution in [0.1, 0.15) is 11.1 Å². The Morgan fingerprint density at radius 2 is 1.46 bits per heavy atom. The zero-order valence-electron chi connectivity index (χ0n) is 20.3. The summed E-state index contributed by atoms with van der Waals surface area (Å²) in [5.41, 5.74) is 8.08. The Balaban J connectivity index is 1.45. The minimum absolute atomic E-state index is 0.847. The van der Waals surface area contributed by atoms with Gasteiger partial charge in [-0.1, -0.05) is 66.7 Å². The van der Waals surface area contributed by atoms with Crippen molar-refractivity contribution in [2.24, 2.45) is 0 Å². The van der Waals surface area contributed by atoms with Gasteiger partial charge in [0.2, 0.25) is 0 Å². The number of aromatic amines is 1. The lowest BCUT2D eigenvalue weighted by molar-refractivity contribution is 0.415. The molecule has 0 radical (unpaired) electrons. The van der Waals surface area contributed by atoms with Crippen LogP contribution in [0.5, 0.6) is 5.75 Å². The molecule has 4 aromatic carbocycles. The van der Waals surface area contributed by atoms with Crippen LogP contribution in [0, 0.1) is 0 Å².